The van der Waals surface area contributed by atoms with E-state index in [9.17, 15) is 10.3 Å². The molecule has 1 aliphatic rings. The molecule has 1 saturated heterocycles. The van der Waals surface area contributed by atoms with E-state index in [-0.39, 0.29) is 19.8 Å². The highest BCUT2D eigenvalue weighted by Crippen LogP contribution is 2.32. The van der Waals surface area contributed by atoms with E-state index < -0.39 is 42.2 Å². The van der Waals surface area contributed by atoms with Crippen molar-refractivity contribution in [3.8, 4) is 0 Å². The Kier molecular flexibility index (Phi) is 10.0. The number of esters is 1. The first-order valence-corrected chi connectivity index (χ1v) is 11.8. The number of rotatable bonds is 11. The average molecular weight is 496 g/mol. The Balaban J connectivity index is 1.96. The van der Waals surface area contributed by atoms with Gasteiger partial charge in [0.25, 0.3) is 0 Å². The number of carbonyl (C=O) groups is 1. The van der Waals surface area contributed by atoms with Crippen LogP contribution in [-0.2, 0) is 41.7 Å². The SMILES string of the molecule is C=CCO[C@@H]1O[C@H](C(=O)OC(C)(C)C)[C@H](OCc2ccccc2)[C@H](OCc2ccccc2)[C@H]1N=[N+]=[N-]. The largest absolute Gasteiger partial charge is 0.458 e. The molecule has 0 spiro atoms. The molecule has 2 aromatic rings. The van der Waals surface area contributed by atoms with Crippen LogP contribution in [0.25, 0.3) is 10.4 Å². The fourth-order valence-electron chi connectivity index (χ4n) is 3.76. The highest BCUT2D eigenvalue weighted by atomic mass is 16.7. The highest BCUT2D eigenvalue weighted by molar-refractivity contribution is 5.76. The monoisotopic (exact) mass is 495 g/mol. The summed E-state index contributed by atoms with van der Waals surface area (Å²) < 4.78 is 29.9. The number of hydrogen-bond donors (Lipinski definition) is 0. The molecule has 5 atom stereocenters. The van der Waals surface area contributed by atoms with Crippen LogP contribution in [0.3, 0.4) is 0 Å². The average Bonchev–Trinajstić information content (AvgIpc) is 2.86. The predicted molar refractivity (Wildman–Crippen MR) is 134 cm³/mol. The first-order valence-electron chi connectivity index (χ1n) is 11.8. The van der Waals surface area contributed by atoms with Crippen molar-refractivity contribution in [2.45, 2.75) is 70.2 Å². The quantitative estimate of drug-likeness (QED) is 0.141. The van der Waals surface area contributed by atoms with E-state index in [0.29, 0.717) is 0 Å². The van der Waals surface area contributed by atoms with Gasteiger partial charge >= 0.3 is 5.97 Å². The van der Waals surface area contributed by atoms with Crippen LogP contribution in [0.2, 0.25) is 0 Å². The van der Waals surface area contributed by atoms with Gasteiger partial charge in [-0.25, -0.2) is 4.79 Å². The number of benzene rings is 2. The van der Waals surface area contributed by atoms with Crippen LogP contribution in [-0.4, -0.2) is 48.8 Å². The molecule has 0 amide bonds. The second-order valence-corrected chi connectivity index (χ2v) is 9.30. The molecule has 0 saturated carbocycles. The smallest absolute Gasteiger partial charge is 0.338 e. The summed E-state index contributed by atoms with van der Waals surface area (Å²) in [5.74, 6) is -0.625. The van der Waals surface area contributed by atoms with E-state index in [2.05, 4.69) is 16.6 Å². The van der Waals surface area contributed by atoms with Crippen LogP contribution in [0, 0.1) is 0 Å². The Morgan fingerprint density at radius 3 is 2.06 bits per heavy atom. The van der Waals surface area contributed by atoms with Crippen molar-refractivity contribution >= 4 is 5.97 Å². The first kappa shape index (κ1) is 27.4. The van der Waals surface area contributed by atoms with Gasteiger partial charge in [0.2, 0.25) is 0 Å². The number of carbonyl (C=O) groups excluding carboxylic acids is 1. The first-order chi connectivity index (χ1) is 17.3. The van der Waals surface area contributed by atoms with Crippen LogP contribution in [0.4, 0.5) is 0 Å². The van der Waals surface area contributed by atoms with Gasteiger partial charge in [-0.2, -0.15) is 0 Å². The van der Waals surface area contributed by atoms with Crippen LogP contribution in [0.5, 0.6) is 0 Å². The number of nitrogens with zero attached hydrogens (tertiary/aromatic N) is 3. The van der Waals surface area contributed by atoms with E-state index in [1.165, 1.54) is 6.08 Å². The fraction of sp³-hybridized carbons (Fsp3) is 0.444. The zero-order valence-electron chi connectivity index (χ0n) is 20.9. The van der Waals surface area contributed by atoms with Gasteiger partial charge in [-0.3, -0.25) is 0 Å². The third kappa shape index (κ3) is 7.91. The van der Waals surface area contributed by atoms with Gasteiger partial charge in [-0.1, -0.05) is 71.9 Å². The van der Waals surface area contributed by atoms with E-state index in [1.54, 1.807) is 20.8 Å². The standard InChI is InChI=1S/C27H33N3O6/c1-5-16-32-26-21(29-30-28)22(33-17-19-12-8-6-9-13-19)23(34-18-20-14-10-7-11-15-20)24(35-26)25(31)36-27(2,3)4/h5-15,21-24,26H,1,16-18H2,2-4H3/t21-,22-,23-,24+,26-/m1/s1. The normalized spacial score (nSPS) is 23.9. The predicted octanol–water partition coefficient (Wildman–Crippen LogP) is 5.11. The summed E-state index contributed by atoms with van der Waals surface area (Å²) in [6.45, 7) is 9.46. The molecule has 0 unspecified atom stereocenters. The van der Waals surface area contributed by atoms with Crippen LogP contribution in [0.15, 0.2) is 78.4 Å². The summed E-state index contributed by atoms with van der Waals surface area (Å²) in [6.07, 6.45) is -2.53. The van der Waals surface area contributed by atoms with Crippen molar-refractivity contribution in [3.05, 3.63) is 94.9 Å². The molecule has 1 fully saturated rings. The second kappa shape index (κ2) is 13.2. The molecule has 0 aliphatic carbocycles. The minimum atomic E-state index is -1.19. The molecule has 192 valence electrons. The Morgan fingerprint density at radius 2 is 1.56 bits per heavy atom. The summed E-state index contributed by atoms with van der Waals surface area (Å²) in [5, 5.41) is 3.92. The lowest BCUT2D eigenvalue weighted by Gasteiger charge is -2.44. The van der Waals surface area contributed by atoms with Gasteiger partial charge in [0.15, 0.2) is 12.4 Å². The summed E-state index contributed by atoms with van der Waals surface area (Å²) in [7, 11) is 0. The molecule has 9 nitrogen and oxygen atoms in total. The van der Waals surface area contributed by atoms with Crippen molar-refractivity contribution in [2.24, 2.45) is 5.11 Å². The molecular formula is C27H33N3O6. The molecule has 1 heterocycles. The van der Waals surface area contributed by atoms with Gasteiger partial charge in [0.1, 0.15) is 23.9 Å². The molecule has 0 N–H and O–H groups in total. The third-order valence-electron chi connectivity index (χ3n) is 5.29. The van der Waals surface area contributed by atoms with Crippen molar-refractivity contribution in [1.82, 2.24) is 0 Å². The zero-order chi connectivity index (χ0) is 26.0. The molecule has 9 heteroatoms. The van der Waals surface area contributed by atoms with Crippen molar-refractivity contribution in [2.75, 3.05) is 6.61 Å². The summed E-state index contributed by atoms with van der Waals surface area (Å²) in [4.78, 5) is 16.3. The van der Waals surface area contributed by atoms with Crippen molar-refractivity contribution < 1.29 is 28.5 Å². The van der Waals surface area contributed by atoms with Gasteiger partial charge in [-0.15, -0.1) is 6.58 Å². The molecule has 0 radical (unpaired) electrons. The lowest BCUT2D eigenvalue weighted by atomic mass is 9.96. The number of azide groups is 1. The zero-order valence-corrected chi connectivity index (χ0v) is 20.9. The molecule has 2 aromatic carbocycles. The maximum atomic E-state index is 13.3. The molecule has 0 bridgehead atoms. The number of ether oxygens (including phenoxy) is 5. The Labute approximate surface area is 211 Å². The maximum absolute atomic E-state index is 13.3. The van der Waals surface area contributed by atoms with E-state index in [1.807, 2.05) is 60.7 Å². The Bertz CT molecular complexity index is 1020. The fourth-order valence-corrected chi connectivity index (χ4v) is 3.76. The lowest BCUT2D eigenvalue weighted by Crippen LogP contribution is -2.62. The van der Waals surface area contributed by atoms with Crippen LogP contribution < -0.4 is 0 Å². The highest BCUT2D eigenvalue weighted by Gasteiger charge is 2.51. The molecule has 3 rings (SSSR count). The van der Waals surface area contributed by atoms with E-state index in [4.69, 9.17) is 23.7 Å². The molecule has 1 aliphatic heterocycles. The Morgan fingerprint density at radius 1 is 1.00 bits per heavy atom. The lowest BCUT2D eigenvalue weighted by molar-refractivity contribution is -0.278. The van der Waals surface area contributed by atoms with Gasteiger partial charge in [-0.05, 0) is 37.4 Å². The number of hydrogen-bond acceptors (Lipinski definition) is 7. The summed E-state index contributed by atoms with van der Waals surface area (Å²) in [6, 6.07) is 18.1. The van der Waals surface area contributed by atoms with Crippen LogP contribution >= 0.6 is 0 Å². The summed E-state index contributed by atoms with van der Waals surface area (Å²) in [5.41, 5.74) is 10.4. The minimum Gasteiger partial charge on any atom is -0.458 e. The minimum absolute atomic E-state index is 0.115. The molecule has 0 aromatic heterocycles. The molecular weight excluding hydrogens is 462 g/mol. The molecule has 36 heavy (non-hydrogen) atoms. The van der Waals surface area contributed by atoms with Gasteiger partial charge < -0.3 is 23.7 Å². The topological polar surface area (TPSA) is 112 Å². The third-order valence-corrected chi connectivity index (χ3v) is 5.29. The van der Waals surface area contributed by atoms with Crippen molar-refractivity contribution in [3.63, 3.8) is 0 Å². The van der Waals surface area contributed by atoms with Gasteiger partial charge in [0, 0.05) is 4.91 Å². The van der Waals surface area contributed by atoms with E-state index >= 15 is 0 Å². The summed E-state index contributed by atoms with van der Waals surface area (Å²) >= 11 is 0. The maximum Gasteiger partial charge on any atom is 0.338 e. The second-order valence-electron chi connectivity index (χ2n) is 9.30. The van der Waals surface area contributed by atoms with Crippen LogP contribution in [0.1, 0.15) is 31.9 Å². The Hall–Kier alpha value is -3.20. The van der Waals surface area contributed by atoms with Crippen molar-refractivity contribution in [1.29, 1.82) is 0 Å². The van der Waals surface area contributed by atoms with E-state index in [0.717, 1.165) is 11.1 Å². The van der Waals surface area contributed by atoms with Gasteiger partial charge in [0.05, 0.1) is 19.8 Å².